The van der Waals surface area contributed by atoms with Crippen molar-refractivity contribution in [3.63, 3.8) is 0 Å². The summed E-state index contributed by atoms with van der Waals surface area (Å²) in [5.74, 6) is 0.635. The SMILES string of the molecule is COC(c1cc(C)no1)c1ccccc1/C=N/N=C(\C)c1ccc(Cl)c(Cl)c1. The first-order valence-corrected chi connectivity index (χ1v) is 9.33. The molecule has 0 aliphatic heterocycles. The van der Waals surface area contributed by atoms with Crippen molar-refractivity contribution in [2.45, 2.75) is 20.0 Å². The van der Waals surface area contributed by atoms with Crippen LogP contribution in [0.5, 0.6) is 0 Å². The molecule has 1 heterocycles. The van der Waals surface area contributed by atoms with Gasteiger partial charge in [0.05, 0.1) is 27.7 Å². The highest BCUT2D eigenvalue weighted by atomic mass is 35.5. The van der Waals surface area contributed by atoms with E-state index in [1.165, 1.54) is 0 Å². The molecule has 5 nitrogen and oxygen atoms in total. The maximum Gasteiger partial charge on any atom is 0.170 e. The molecule has 1 atom stereocenters. The summed E-state index contributed by atoms with van der Waals surface area (Å²) in [7, 11) is 1.63. The van der Waals surface area contributed by atoms with Gasteiger partial charge in [-0.1, -0.05) is 58.7 Å². The Balaban J connectivity index is 1.87. The van der Waals surface area contributed by atoms with Crippen molar-refractivity contribution in [2.75, 3.05) is 7.11 Å². The molecule has 3 rings (SSSR count). The minimum absolute atomic E-state index is 0.385. The van der Waals surface area contributed by atoms with Gasteiger partial charge < -0.3 is 9.26 Å². The summed E-state index contributed by atoms with van der Waals surface area (Å²) >= 11 is 12.0. The summed E-state index contributed by atoms with van der Waals surface area (Å²) < 4.78 is 11.0. The molecule has 144 valence electrons. The molecule has 1 unspecified atom stereocenters. The van der Waals surface area contributed by atoms with Gasteiger partial charge in [-0.3, -0.25) is 0 Å². The van der Waals surface area contributed by atoms with Crippen LogP contribution in [0.25, 0.3) is 0 Å². The van der Waals surface area contributed by atoms with Crippen LogP contribution in [-0.4, -0.2) is 24.2 Å². The molecule has 28 heavy (non-hydrogen) atoms. The summed E-state index contributed by atoms with van der Waals surface area (Å²) in [5, 5.41) is 13.4. The number of ether oxygens (including phenoxy) is 1. The lowest BCUT2D eigenvalue weighted by atomic mass is 10.0. The van der Waals surface area contributed by atoms with Crippen molar-refractivity contribution in [3.8, 4) is 0 Å². The molecule has 0 radical (unpaired) electrons. The van der Waals surface area contributed by atoms with Crippen LogP contribution < -0.4 is 0 Å². The highest BCUT2D eigenvalue weighted by molar-refractivity contribution is 6.42. The van der Waals surface area contributed by atoms with Crippen LogP contribution in [0.15, 0.2) is 63.3 Å². The number of halogens is 2. The van der Waals surface area contributed by atoms with Crippen molar-refractivity contribution in [3.05, 3.63) is 86.7 Å². The number of aryl methyl sites for hydroxylation is 1. The fourth-order valence-electron chi connectivity index (χ4n) is 2.73. The Labute approximate surface area is 173 Å². The van der Waals surface area contributed by atoms with Gasteiger partial charge in [-0.25, -0.2) is 0 Å². The molecule has 0 aliphatic rings. The largest absolute Gasteiger partial charge is 0.369 e. The fraction of sp³-hybridized carbons (Fsp3) is 0.190. The molecule has 0 saturated carbocycles. The van der Waals surface area contributed by atoms with E-state index in [0.717, 1.165) is 28.1 Å². The standard InChI is InChI=1S/C21H19Cl2N3O2/c1-13-10-20(28-26-13)21(27-3)17-7-5-4-6-16(17)12-24-25-14(2)15-8-9-18(22)19(23)11-15/h4-12,21H,1-3H3/b24-12+,25-14+. The fourth-order valence-corrected chi connectivity index (χ4v) is 3.03. The summed E-state index contributed by atoms with van der Waals surface area (Å²) in [6, 6.07) is 15.0. The predicted molar refractivity (Wildman–Crippen MR) is 113 cm³/mol. The molecule has 0 amide bonds. The van der Waals surface area contributed by atoms with E-state index in [0.29, 0.717) is 15.8 Å². The normalized spacial score (nSPS) is 13.2. The average molecular weight is 416 g/mol. The van der Waals surface area contributed by atoms with Crippen LogP contribution in [0, 0.1) is 6.92 Å². The monoisotopic (exact) mass is 415 g/mol. The first-order chi connectivity index (χ1) is 13.5. The van der Waals surface area contributed by atoms with Crippen molar-refractivity contribution in [1.82, 2.24) is 5.16 Å². The molecule has 2 aromatic carbocycles. The average Bonchev–Trinajstić information content (AvgIpc) is 3.11. The predicted octanol–water partition coefficient (Wildman–Crippen LogP) is 5.87. The van der Waals surface area contributed by atoms with Crippen LogP contribution >= 0.6 is 23.2 Å². The lowest BCUT2D eigenvalue weighted by Crippen LogP contribution is -2.06. The molecule has 0 spiro atoms. The zero-order valence-electron chi connectivity index (χ0n) is 15.7. The lowest BCUT2D eigenvalue weighted by Gasteiger charge is -2.14. The first-order valence-electron chi connectivity index (χ1n) is 8.57. The summed E-state index contributed by atoms with van der Waals surface area (Å²) in [4.78, 5) is 0. The summed E-state index contributed by atoms with van der Waals surface area (Å²) in [6.07, 6.45) is 1.30. The van der Waals surface area contributed by atoms with Crippen molar-refractivity contribution < 1.29 is 9.26 Å². The van der Waals surface area contributed by atoms with Crippen LogP contribution in [-0.2, 0) is 4.74 Å². The van der Waals surface area contributed by atoms with Crippen molar-refractivity contribution in [1.29, 1.82) is 0 Å². The Morgan fingerprint density at radius 1 is 1.14 bits per heavy atom. The second-order valence-electron chi connectivity index (χ2n) is 6.17. The quantitative estimate of drug-likeness (QED) is 0.373. The summed E-state index contributed by atoms with van der Waals surface area (Å²) in [6.45, 7) is 3.73. The van der Waals surface area contributed by atoms with Gasteiger partial charge in [0, 0.05) is 18.7 Å². The van der Waals surface area contributed by atoms with Gasteiger partial charge in [0.1, 0.15) is 6.10 Å². The molecular formula is C21H19Cl2N3O2. The van der Waals surface area contributed by atoms with E-state index in [9.17, 15) is 0 Å². The van der Waals surface area contributed by atoms with E-state index in [1.54, 1.807) is 25.5 Å². The first kappa shape index (κ1) is 20.3. The van der Waals surface area contributed by atoms with Gasteiger partial charge in [-0.15, -0.1) is 0 Å². The van der Waals surface area contributed by atoms with Gasteiger partial charge >= 0.3 is 0 Å². The second-order valence-corrected chi connectivity index (χ2v) is 6.99. The molecule has 3 aromatic rings. The topological polar surface area (TPSA) is 60.0 Å². The molecule has 0 aliphatic carbocycles. The smallest absolute Gasteiger partial charge is 0.170 e. The van der Waals surface area contributed by atoms with E-state index < -0.39 is 0 Å². The number of methoxy groups -OCH3 is 1. The zero-order chi connectivity index (χ0) is 20.1. The number of nitrogens with zero attached hydrogens (tertiary/aromatic N) is 3. The lowest BCUT2D eigenvalue weighted by molar-refractivity contribution is 0.109. The van der Waals surface area contributed by atoms with Crippen LogP contribution in [0.1, 0.15) is 41.2 Å². The van der Waals surface area contributed by atoms with Crippen molar-refractivity contribution >= 4 is 35.1 Å². The summed E-state index contributed by atoms with van der Waals surface area (Å²) in [5.41, 5.74) is 4.15. The number of hydrogen-bond donors (Lipinski definition) is 0. The van der Waals surface area contributed by atoms with Gasteiger partial charge in [0.25, 0.3) is 0 Å². The number of aromatic nitrogens is 1. The maximum atomic E-state index is 6.07. The van der Waals surface area contributed by atoms with Crippen molar-refractivity contribution in [2.24, 2.45) is 10.2 Å². The molecule has 0 bridgehead atoms. The Kier molecular flexibility index (Phi) is 6.62. The van der Waals surface area contributed by atoms with Gasteiger partial charge in [0.15, 0.2) is 5.76 Å². The van der Waals surface area contributed by atoms with Gasteiger partial charge in [-0.05, 0) is 37.1 Å². The third kappa shape index (κ3) is 4.68. The van der Waals surface area contributed by atoms with Crippen LogP contribution in [0.3, 0.4) is 0 Å². The van der Waals surface area contributed by atoms with E-state index in [1.807, 2.05) is 50.2 Å². The third-order valence-corrected chi connectivity index (χ3v) is 4.90. The Morgan fingerprint density at radius 2 is 1.93 bits per heavy atom. The molecule has 0 saturated heterocycles. The van der Waals surface area contributed by atoms with E-state index in [-0.39, 0.29) is 6.10 Å². The molecule has 0 N–H and O–H groups in total. The highest BCUT2D eigenvalue weighted by Crippen LogP contribution is 2.28. The number of rotatable bonds is 6. The Bertz CT molecular complexity index is 1030. The van der Waals surface area contributed by atoms with Gasteiger partial charge in [0.2, 0.25) is 0 Å². The number of hydrogen-bond acceptors (Lipinski definition) is 5. The molecule has 0 fully saturated rings. The molecule has 7 heteroatoms. The Hall–Kier alpha value is -2.47. The van der Waals surface area contributed by atoms with Gasteiger partial charge in [-0.2, -0.15) is 10.2 Å². The van der Waals surface area contributed by atoms with Crippen LogP contribution in [0.2, 0.25) is 10.0 Å². The zero-order valence-corrected chi connectivity index (χ0v) is 17.2. The minimum Gasteiger partial charge on any atom is -0.369 e. The highest BCUT2D eigenvalue weighted by Gasteiger charge is 2.20. The van der Waals surface area contributed by atoms with E-state index in [2.05, 4.69) is 15.4 Å². The van der Waals surface area contributed by atoms with E-state index >= 15 is 0 Å². The second kappa shape index (κ2) is 9.15. The number of benzene rings is 2. The van der Waals surface area contributed by atoms with E-state index in [4.69, 9.17) is 32.5 Å². The third-order valence-electron chi connectivity index (χ3n) is 4.16. The van der Waals surface area contributed by atoms with Crippen LogP contribution in [0.4, 0.5) is 0 Å². The maximum absolute atomic E-state index is 6.07. The Morgan fingerprint density at radius 3 is 2.61 bits per heavy atom. The molecule has 1 aromatic heterocycles. The molecular weight excluding hydrogens is 397 g/mol. The minimum atomic E-state index is -0.385.